The molecule has 3 N–H and O–H groups in total. The second-order valence-corrected chi connectivity index (χ2v) is 20.6. The largest absolute Gasteiger partial charge is 0.479 e. The van der Waals surface area contributed by atoms with Crippen molar-refractivity contribution in [1.29, 1.82) is 0 Å². The molecule has 1 fully saturated rings. The second kappa shape index (κ2) is 52.6. The third-order valence-corrected chi connectivity index (χ3v) is 13.5. The van der Waals surface area contributed by atoms with E-state index in [2.05, 4.69) is 87.6 Å². The zero-order valence-corrected chi connectivity index (χ0v) is 48.4. The molecule has 0 radical (unpaired) electrons. The lowest BCUT2D eigenvalue weighted by molar-refractivity contribution is -0.301. The summed E-state index contributed by atoms with van der Waals surface area (Å²) in [6, 6.07) is 0. The molecule has 440 valence electrons. The minimum atomic E-state index is -1.93. The molecule has 12 nitrogen and oxygen atoms in total. The van der Waals surface area contributed by atoms with Gasteiger partial charge in [-0.15, -0.1) is 0 Å². The van der Waals surface area contributed by atoms with Crippen LogP contribution < -0.4 is 0 Å². The van der Waals surface area contributed by atoms with Gasteiger partial charge in [0.1, 0.15) is 18.8 Å². The summed E-state index contributed by atoms with van der Waals surface area (Å²) in [5.74, 6) is -3.23. The Balaban J connectivity index is 2.66. The average Bonchev–Trinajstić information content (AvgIpc) is 3.42. The molecule has 0 aromatic carbocycles. The van der Waals surface area contributed by atoms with E-state index in [4.69, 9.17) is 23.7 Å². The van der Waals surface area contributed by atoms with Gasteiger partial charge in [-0.3, -0.25) is 14.4 Å². The van der Waals surface area contributed by atoms with Crippen LogP contribution in [0.3, 0.4) is 0 Å². The van der Waals surface area contributed by atoms with Crippen molar-refractivity contribution in [1.82, 2.24) is 0 Å². The Morgan fingerprint density at radius 3 is 1.30 bits per heavy atom. The van der Waals surface area contributed by atoms with Crippen LogP contribution in [0, 0.1) is 0 Å². The van der Waals surface area contributed by atoms with Gasteiger partial charge in [0.15, 0.2) is 24.6 Å². The third kappa shape index (κ3) is 42.5. The number of allylic oxidation sites excluding steroid dienone is 14. The second-order valence-electron chi connectivity index (χ2n) is 20.6. The van der Waals surface area contributed by atoms with Gasteiger partial charge in [-0.05, 0) is 83.5 Å². The van der Waals surface area contributed by atoms with E-state index in [1.165, 1.54) is 116 Å². The predicted octanol–water partition coefficient (Wildman–Crippen LogP) is 15.9. The normalized spacial score (nSPS) is 18.6. The highest BCUT2D eigenvalue weighted by molar-refractivity contribution is 5.74. The van der Waals surface area contributed by atoms with Crippen molar-refractivity contribution in [3.8, 4) is 0 Å². The van der Waals surface area contributed by atoms with Crippen LogP contribution in [0.2, 0.25) is 0 Å². The highest BCUT2D eigenvalue weighted by Crippen LogP contribution is 2.26. The molecule has 6 atom stereocenters. The van der Waals surface area contributed by atoms with Gasteiger partial charge in [0.25, 0.3) is 0 Å². The molecular weight excluding hydrogens is 973 g/mol. The van der Waals surface area contributed by atoms with Crippen LogP contribution in [0.5, 0.6) is 0 Å². The fraction of sp³-hybridized carbons (Fsp3) is 0.723. The summed E-state index contributed by atoms with van der Waals surface area (Å²) in [6.45, 7) is 5.82. The first kappa shape index (κ1) is 70.9. The maximum atomic E-state index is 13.1. The monoisotopic (exact) mass is 1080 g/mol. The van der Waals surface area contributed by atoms with Crippen LogP contribution in [-0.2, 0) is 42.9 Å². The molecule has 0 amide bonds. The molecule has 77 heavy (non-hydrogen) atoms. The van der Waals surface area contributed by atoms with Crippen LogP contribution in [0.25, 0.3) is 0 Å². The van der Waals surface area contributed by atoms with Crippen LogP contribution in [-0.4, -0.2) is 89.2 Å². The van der Waals surface area contributed by atoms with Gasteiger partial charge in [-0.2, -0.15) is 0 Å². The fourth-order valence-electron chi connectivity index (χ4n) is 8.80. The number of unbranched alkanes of at least 4 members (excludes halogenated alkanes) is 23. The summed E-state index contributed by atoms with van der Waals surface area (Å²) < 4.78 is 28.3. The third-order valence-electron chi connectivity index (χ3n) is 13.5. The van der Waals surface area contributed by atoms with Crippen LogP contribution in [0.15, 0.2) is 85.1 Å². The Labute approximate surface area is 467 Å². The number of carboxylic acids is 1. The summed E-state index contributed by atoms with van der Waals surface area (Å²) >= 11 is 0. The van der Waals surface area contributed by atoms with Crippen molar-refractivity contribution in [2.45, 2.75) is 289 Å². The number of carbonyl (C=O) groups excluding carboxylic acids is 3. The number of hydrogen-bond acceptors (Lipinski definition) is 11. The topological polar surface area (TPSA) is 175 Å². The van der Waals surface area contributed by atoms with Gasteiger partial charge in [0.2, 0.25) is 0 Å². The molecule has 1 rings (SSSR count). The highest BCUT2D eigenvalue weighted by Gasteiger charge is 2.50. The Kier molecular flexibility index (Phi) is 48.4. The first-order valence-electron chi connectivity index (χ1n) is 30.6. The maximum absolute atomic E-state index is 13.1. The Morgan fingerprint density at radius 1 is 0.442 bits per heavy atom. The molecule has 1 aliphatic heterocycles. The molecule has 6 unspecified atom stereocenters. The van der Waals surface area contributed by atoms with Gasteiger partial charge < -0.3 is 39.0 Å². The van der Waals surface area contributed by atoms with Crippen molar-refractivity contribution in [3.63, 3.8) is 0 Å². The molecule has 1 saturated heterocycles. The number of carboxylic acid groups (broad SMARTS) is 1. The summed E-state index contributed by atoms with van der Waals surface area (Å²) in [7, 11) is 0. The smallest absolute Gasteiger partial charge is 0.335 e. The molecule has 0 aromatic heterocycles. The number of rotatable bonds is 51. The lowest BCUT2D eigenvalue weighted by Gasteiger charge is -2.40. The Morgan fingerprint density at radius 2 is 0.844 bits per heavy atom. The minimum absolute atomic E-state index is 0.0662. The Bertz CT molecular complexity index is 1660. The number of hydrogen-bond donors (Lipinski definition) is 3. The van der Waals surface area contributed by atoms with Gasteiger partial charge in [0, 0.05) is 19.3 Å². The Hall–Kier alpha value is -4.10. The van der Waals surface area contributed by atoms with Crippen LogP contribution in [0.4, 0.5) is 0 Å². The predicted molar refractivity (Wildman–Crippen MR) is 312 cm³/mol. The summed E-state index contributed by atoms with van der Waals surface area (Å²) in [6.07, 6.45) is 55.8. The number of carbonyl (C=O) groups is 4. The van der Waals surface area contributed by atoms with Gasteiger partial charge in [0.05, 0.1) is 6.61 Å². The van der Waals surface area contributed by atoms with E-state index >= 15 is 0 Å². The van der Waals surface area contributed by atoms with Crippen molar-refractivity contribution in [2.75, 3.05) is 13.2 Å². The lowest BCUT2D eigenvalue weighted by Crippen LogP contribution is -2.61. The number of aliphatic carboxylic acids is 1. The van der Waals surface area contributed by atoms with Crippen LogP contribution >= 0.6 is 0 Å². The SMILES string of the molecule is CC/C=C\C/C=C\C/C=C\C/C=C\C/C=C\C/C=C\CCC(=O)OC1C(OCC(COC(=O)CCCCCCCCCCC/C=C\CCCCCCCC)OC(=O)CCCCCCCCCCC)OC(C(=O)O)C(O)C1O. The van der Waals surface area contributed by atoms with Crippen molar-refractivity contribution in [3.05, 3.63) is 85.1 Å². The van der Waals surface area contributed by atoms with E-state index in [1.807, 2.05) is 18.2 Å². The summed E-state index contributed by atoms with van der Waals surface area (Å²) in [5, 5.41) is 31.4. The van der Waals surface area contributed by atoms with E-state index in [0.29, 0.717) is 25.7 Å². The number of aliphatic hydroxyl groups excluding tert-OH is 2. The molecule has 12 heteroatoms. The number of aliphatic hydroxyl groups is 2. The first-order valence-corrected chi connectivity index (χ1v) is 30.6. The van der Waals surface area contributed by atoms with Gasteiger partial charge >= 0.3 is 23.9 Å². The molecule has 0 saturated carbocycles. The van der Waals surface area contributed by atoms with E-state index in [9.17, 15) is 34.5 Å². The van der Waals surface area contributed by atoms with E-state index in [-0.39, 0.29) is 25.9 Å². The molecule has 1 aliphatic rings. The van der Waals surface area contributed by atoms with Crippen molar-refractivity contribution in [2.24, 2.45) is 0 Å². The minimum Gasteiger partial charge on any atom is -0.479 e. The van der Waals surface area contributed by atoms with E-state index in [0.717, 1.165) is 70.6 Å². The number of esters is 3. The van der Waals surface area contributed by atoms with Gasteiger partial charge in [-0.25, -0.2) is 4.79 Å². The summed E-state index contributed by atoms with van der Waals surface area (Å²) in [5.41, 5.74) is 0. The zero-order valence-electron chi connectivity index (χ0n) is 48.4. The molecule has 0 spiro atoms. The lowest BCUT2D eigenvalue weighted by atomic mass is 9.98. The summed E-state index contributed by atoms with van der Waals surface area (Å²) in [4.78, 5) is 51.0. The van der Waals surface area contributed by atoms with Crippen molar-refractivity contribution >= 4 is 23.9 Å². The average molecular weight is 1080 g/mol. The van der Waals surface area contributed by atoms with E-state index in [1.54, 1.807) is 0 Å². The van der Waals surface area contributed by atoms with Crippen molar-refractivity contribution < 1.29 is 58.2 Å². The highest BCUT2D eigenvalue weighted by atomic mass is 16.7. The quantitative estimate of drug-likeness (QED) is 0.0228. The molecule has 0 bridgehead atoms. The fourth-order valence-corrected chi connectivity index (χ4v) is 8.80. The molecule has 0 aromatic rings. The molecule has 1 heterocycles. The van der Waals surface area contributed by atoms with E-state index < -0.39 is 67.3 Å². The first-order chi connectivity index (χ1) is 37.6. The zero-order chi connectivity index (χ0) is 56.1. The standard InChI is InChI=1S/C65H108O12/c1-4-7-10-13-16-19-21-23-25-27-29-31-33-35-37-40-42-45-48-51-57(66)73-54-56(75-58(67)52-49-46-43-39-18-15-12-9-6-3)55-74-65-63(61(70)60(69)62(77-65)64(71)72)76-59(68)53-50-47-44-41-38-36-34-32-30-28-26-24-22-20-17-14-11-8-5-2/h8,11,17,20,23-26,30,32,36,38,44,47,56,60-63,65,69-70H,4-7,9-10,12-16,18-19,21-22,27-29,31,33-35,37,39-43,45-46,48-55H2,1-3H3,(H,71,72)/b11-8-,20-17-,25-23-,26-24-,32-30-,38-36-,47-44-. The molecular formula is C65H108O12. The maximum Gasteiger partial charge on any atom is 0.335 e. The molecule has 0 aliphatic carbocycles. The van der Waals surface area contributed by atoms with Crippen LogP contribution in [0.1, 0.15) is 252 Å². The number of ether oxygens (including phenoxy) is 5. The van der Waals surface area contributed by atoms with Gasteiger partial charge in [-0.1, -0.05) is 234 Å².